The Hall–Kier alpha value is -1.40. The maximum Gasteiger partial charge on any atom is 0.221 e. The third-order valence-corrected chi connectivity index (χ3v) is 3.80. The Morgan fingerprint density at radius 2 is 2.29 bits per heavy atom. The molecule has 1 unspecified atom stereocenters. The number of nitrogens with zero attached hydrogens (tertiary/aromatic N) is 3. The third kappa shape index (κ3) is 4.04. The van der Waals surface area contributed by atoms with E-state index in [4.69, 9.17) is 9.47 Å². The van der Waals surface area contributed by atoms with E-state index in [1.165, 1.54) is 12.8 Å². The second kappa shape index (κ2) is 8.14. The summed E-state index contributed by atoms with van der Waals surface area (Å²) in [5.74, 6) is 1.70. The molecule has 0 amide bonds. The third-order valence-electron chi connectivity index (χ3n) is 3.80. The van der Waals surface area contributed by atoms with Gasteiger partial charge in [0, 0.05) is 32.8 Å². The molecule has 6 nitrogen and oxygen atoms in total. The van der Waals surface area contributed by atoms with E-state index in [-0.39, 0.29) is 0 Å². The minimum Gasteiger partial charge on any atom is -0.478 e. The van der Waals surface area contributed by atoms with Crippen LogP contribution in [0.2, 0.25) is 0 Å². The van der Waals surface area contributed by atoms with Crippen molar-refractivity contribution < 1.29 is 9.47 Å². The minimum atomic E-state index is 0.477. The van der Waals surface area contributed by atoms with Crippen LogP contribution < -0.4 is 15.0 Å². The molecule has 2 rings (SSSR count). The number of hydrogen-bond acceptors (Lipinski definition) is 6. The Morgan fingerprint density at radius 3 is 3.05 bits per heavy atom. The van der Waals surface area contributed by atoms with Gasteiger partial charge in [-0.3, -0.25) is 0 Å². The second-order valence-corrected chi connectivity index (χ2v) is 5.25. The average Bonchev–Trinajstić information content (AvgIpc) is 2.94. The van der Waals surface area contributed by atoms with Crippen molar-refractivity contribution in [2.75, 3.05) is 44.9 Å². The van der Waals surface area contributed by atoms with Crippen LogP contribution in [-0.2, 0) is 4.74 Å². The van der Waals surface area contributed by atoms with Crippen LogP contribution in [0.15, 0.2) is 6.33 Å². The van der Waals surface area contributed by atoms with Gasteiger partial charge in [0.05, 0.1) is 18.8 Å². The SMILES string of the molecule is CCOc1ncnc(N2CCCC2CNCCOC)c1C. The Bertz CT molecular complexity index is 442. The molecule has 118 valence electrons. The van der Waals surface area contributed by atoms with Gasteiger partial charge in [-0.2, -0.15) is 0 Å². The highest BCUT2D eigenvalue weighted by Crippen LogP contribution is 2.29. The summed E-state index contributed by atoms with van der Waals surface area (Å²) >= 11 is 0. The fraction of sp³-hybridized carbons (Fsp3) is 0.733. The fourth-order valence-corrected chi connectivity index (χ4v) is 2.77. The van der Waals surface area contributed by atoms with Crippen LogP contribution in [0.3, 0.4) is 0 Å². The number of hydrogen-bond donors (Lipinski definition) is 1. The lowest BCUT2D eigenvalue weighted by Crippen LogP contribution is -2.39. The lowest BCUT2D eigenvalue weighted by Gasteiger charge is -2.27. The summed E-state index contributed by atoms with van der Waals surface area (Å²) in [5.41, 5.74) is 1.03. The lowest BCUT2D eigenvalue weighted by atomic mass is 10.2. The highest BCUT2D eigenvalue weighted by atomic mass is 16.5. The van der Waals surface area contributed by atoms with Gasteiger partial charge in [-0.05, 0) is 26.7 Å². The number of anilines is 1. The number of aromatic nitrogens is 2. The van der Waals surface area contributed by atoms with Crippen molar-refractivity contribution in [1.29, 1.82) is 0 Å². The molecule has 0 aromatic carbocycles. The molecule has 1 N–H and O–H groups in total. The van der Waals surface area contributed by atoms with E-state index in [0.717, 1.165) is 37.6 Å². The molecule has 0 aliphatic carbocycles. The predicted molar refractivity (Wildman–Crippen MR) is 83.1 cm³/mol. The predicted octanol–water partition coefficient (Wildman–Crippen LogP) is 1.39. The summed E-state index contributed by atoms with van der Waals surface area (Å²) in [5, 5.41) is 3.45. The van der Waals surface area contributed by atoms with E-state index in [2.05, 4.69) is 20.2 Å². The molecule has 1 aliphatic heterocycles. The van der Waals surface area contributed by atoms with E-state index in [0.29, 0.717) is 18.5 Å². The molecule has 0 bridgehead atoms. The quantitative estimate of drug-likeness (QED) is 0.731. The van der Waals surface area contributed by atoms with Crippen LogP contribution in [0.5, 0.6) is 5.88 Å². The first-order valence-corrected chi connectivity index (χ1v) is 7.68. The van der Waals surface area contributed by atoms with Crippen LogP contribution in [0.4, 0.5) is 5.82 Å². The van der Waals surface area contributed by atoms with Crippen molar-refractivity contribution in [2.45, 2.75) is 32.7 Å². The molecule has 21 heavy (non-hydrogen) atoms. The van der Waals surface area contributed by atoms with Gasteiger partial charge >= 0.3 is 0 Å². The van der Waals surface area contributed by atoms with Crippen molar-refractivity contribution in [2.24, 2.45) is 0 Å². The lowest BCUT2D eigenvalue weighted by molar-refractivity contribution is 0.199. The summed E-state index contributed by atoms with van der Waals surface area (Å²) in [6.45, 7) is 8.26. The highest BCUT2D eigenvalue weighted by molar-refractivity contribution is 5.51. The normalized spacial score (nSPS) is 18.2. The molecule has 1 aromatic heterocycles. The van der Waals surface area contributed by atoms with Crippen molar-refractivity contribution >= 4 is 5.82 Å². The molecule has 1 fully saturated rings. The van der Waals surface area contributed by atoms with Gasteiger partial charge in [0.15, 0.2) is 0 Å². The van der Waals surface area contributed by atoms with Gasteiger partial charge in [-0.15, -0.1) is 0 Å². The van der Waals surface area contributed by atoms with Gasteiger partial charge in [-0.1, -0.05) is 0 Å². The zero-order valence-corrected chi connectivity index (χ0v) is 13.3. The monoisotopic (exact) mass is 294 g/mol. The van der Waals surface area contributed by atoms with Crippen LogP contribution in [0, 0.1) is 6.92 Å². The summed E-state index contributed by atoms with van der Waals surface area (Å²) < 4.78 is 10.6. The molecule has 2 heterocycles. The number of nitrogens with one attached hydrogen (secondary N) is 1. The van der Waals surface area contributed by atoms with Crippen LogP contribution >= 0.6 is 0 Å². The molecule has 0 spiro atoms. The summed E-state index contributed by atoms with van der Waals surface area (Å²) in [6, 6.07) is 0.477. The average molecular weight is 294 g/mol. The Balaban J connectivity index is 2.03. The first-order chi connectivity index (χ1) is 10.3. The fourth-order valence-electron chi connectivity index (χ4n) is 2.77. The summed E-state index contributed by atoms with van der Waals surface area (Å²) in [7, 11) is 1.73. The molecular formula is C15H26N4O2. The van der Waals surface area contributed by atoms with Gasteiger partial charge in [0.25, 0.3) is 0 Å². The standard InChI is InChI=1S/C15H26N4O2/c1-4-21-15-12(2)14(17-11-18-15)19-8-5-6-13(19)10-16-7-9-20-3/h11,13,16H,4-10H2,1-3H3. The van der Waals surface area contributed by atoms with Crippen LogP contribution in [0.25, 0.3) is 0 Å². The van der Waals surface area contributed by atoms with E-state index >= 15 is 0 Å². The molecule has 0 radical (unpaired) electrons. The van der Waals surface area contributed by atoms with Gasteiger partial charge in [0.1, 0.15) is 12.1 Å². The molecular weight excluding hydrogens is 268 g/mol. The minimum absolute atomic E-state index is 0.477. The number of methoxy groups -OCH3 is 1. The first-order valence-electron chi connectivity index (χ1n) is 7.68. The van der Waals surface area contributed by atoms with E-state index in [1.807, 2.05) is 13.8 Å². The topological polar surface area (TPSA) is 59.5 Å². The van der Waals surface area contributed by atoms with E-state index < -0.39 is 0 Å². The maximum absolute atomic E-state index is 5.58. The molecule has 0 saturated carbocycles. The van der Waals surface area contributed by atoms with E-state index in [1.54, 1.807) is 13.4 Å². The zero-order chi connectivity index (χ0) is 15.1. The van der Waals surface area contributed by atoms with Crippen molar-refractivity contribution in [3.05, 3.63) is 11.9 Å². The molecule has 6 heteroatoms. The Kier molecular flexibility index (Phi) is 6.20. The zero-order valence-electron chi connectivity index (χ0n) is 13.3. The Morgan fingerprint density at radius 1 is 1.43 bits per heavy atom. The number of ether oxygens (including phenoxy) is 2. The van der Waals surface area contributed by atoms with Crippen LogP contribution in [0.1, 0.15) is 25.3 Å². The van der Waals surface area contributed by atoms with Crippen LogP contribution in [-0.4, -0.2) is 56.0 Å². The first kappa shape index (κ1) is 16.0. The molecule has 1 atom stereocenters. The van der Waals surface area contributed by atoms with Gasteiger partial charge in [0.2, 0.25) is 5.88 Å². The van der Waals surface area contributed by atoms with E-state index in [9.17, 15) is 0 Å². The largest absolute Gasteiger partial charge is 0.478 e. The summed E-state index contributed by atoms with van der Waals surface area (Å²) in [6.07, 6.45) is 3.98. The smallest absolute Gasteiger partial charge is 0.221 e. The summed E-state index contributed by atoms with van der Waals surface area (Å²) in [4.78, 5) is 11.1. The van der Waals surface area contributed by atoms with Gasteiger partial charge < -0.3 is 19.7 Å². The second-order valence-electron chi connectivity index (χ2n) is 5.25. The van der Waals surface area contributed by atoms with Crippen molar-refractivity contribution in [1.82, 2.24) is 15.3 Å². The highest BCUT2D eigenvalue weighted by Gasteiger charge is 2.27. The molecule has 1 saturated heterocycles. The molecule has 1 aromatic rings. The van der Waals surface area contributed by atoms with Crippen molar-refractivity contribution in [3.63, 3.8) is 0 Å². The van der Waals surface area contributed by atoms with Crippen molar-refractivity contribution in [3.8, 4) is 5.88 Å². The Labute approximate surface area is 126 Å². The maximum atomic E-state index is 5.58. The number of rotatable bonds is 8. The molecule has 1 aliphatic rings. The van der Waals surface area contributed by atoms with Gasteiger partial charge in [-0.25, -0.2) is 9.97 Å².